The molecule has 0 unspecified atom stereocenters. The molecule has 0 aliphatic heterocycles. The smallest absolute Gasteiger partial charge is 0.223 e. The Kier molecular flexibility index (Phi) is 4.32. The van der Waals surface area contributed by atoms with Crippen molar-refractivity contribution in [2.24, 2.45) is 0 Å². The summed E-state index contributed by atoms with van der Waals surface area (Å²) in [6.45, 7) is 5.81. The zero-order chi connectivity index (χ0) is 18.4. The molecule has 0 radical (unpaired) electrons. The average Bonchev–Trinajstić information content (AvgIpc) is 3.15. The molecule has 0 bridgehead atoms. The number of halogens is 1. The second kappa shape index (κ2) is 6.52. The van der Waals surface area contributed by atoms with E-state index in [1.165, 1.54) is 23.8 Å². The van der Waals surface area contributed by atoms with E-state index in [2.05, 4.69) is 24.1 Å². The van der Waals surface area contributed by atoms with Crippen LogP contribution >= 0.6 is 22.9 Å². The van der Waals surface area contributed by atoms with E-state index in [-0.39, 0.29) is 5.91 Å². The summed E-state index contributed by atoms with van der Waals surface area (Å²) < 4.78 is 1.95. The van der Waals surface area contributed by atoms with Gasteiger partial charge in [0.2, 0.25) is 5.91 Å². The Morgan fingerprint density at radius 3 is 2.77 bits per heavy atom. The normalized spacial score (nSPS) is 12.8. The third kappa shape index (κ3) is 2.83. The van der Waals surface area contributed by atoms with Gasteiger partial charge in [0.25, 0.3) is 0 Å². The van der Waals surface area contributed by atoms with E-state index < -0.39 is 0 Å². The van der Waals surface area contributed by atoms with Crippen LogP contribution in [0.4, 0.5) is 5.13 Å². The quantitative estimate of drug-likeness (QED) is 0.701. The zero-order valence-electron chi connectivity index (χ0n) is 14.8. The van der Waals surface area contributed by atoms with E-state index in [9.17, 15) is 4.79 Å². The predicted octanol–water partition coefficient (Wildman–Crippen LogP) is 4.83. The van der Waals surface area contributed by atoms with E-state index in [4.69, 9.17) is 16.7 Å². The highest BCUT2D eigenvalue weighted by Crippen LogP contribution is 2.43. The van der Waals surface area contributed by atoms with E-state index in [0.29, 0.717) is 16.1 Å². The maximum absolute atomic E-state index is 11.4. The van der Waals surface area contributed by atoms with Gasteiger partial charge in [-0.15, -0.1) is 0 Å². The number of thiazole rings is 1. The molecule has 1 aromatic carbocycles. The second-order valence-electron chi connectivity index (χ2n) is 6.71. The van der Waals surface area contributed by atoms with E-state index in [1.807, 2.05) is 28.9 Å². The maximum atomic E-state index is 11.4. The first-order chi connectivity index (χ1) is 12.5. The van der Waals surface area contributed by atoms with Crippen LogP contribution in [-0.4, -0.2) is 20.7 Å². The second-order valence-corrected chi connectivity index (χ2v) is 8.11. The lowest BCUT2D eigenvalue weighted by Gasteiger charge is -2.15. The van der Waals surface area contributed by atoms with Gasteiger partial charge in [0, 0.05) is 12.5 Å². The fourth-order valence-electron chi connectivity index (χ4n) is 3.36. The molecule has 1 aliphatic rings. The number of nitrogens with zero attached hydrogens (tertiary/aromatic N) is 3. The van der Waals surface area contributed by atoms with Crippen molar-refractivity contribution < 1.29 is 4.79 Å². The third-order valence-corrected chi connectivity index (χ3v) is 5.79. The molecule has 134 valence electrons. The van der Waals surface area contributed by atoms with Crippen molar-refractivity contribution >= 4 is 34.0 Å². The van der Waals surface area contributed by atoms with E-state index in [1.54, 1.807) is 0 Å². The van der Waals surface area contributed by atoms with Gasteiger partial charge < -0.3 is 5.32 Å². The lowest BCUT2D eigenvalue weighted by molar-refractivity contribution is -0.114. The number of aromatic nitrogens is 3. The molecular weight excluding hydrogens is 368 g/mol. The Hall–Kier alpha value is -2.18. The summed E-state index contributed by atoms with van der Waals surface area (Å²) in [6.07, 6.45) is 1.75. The predicted molar refractivity (Wildman–Crippen MR) is 105 cm³/mol. The van der Waals surface area contributed by atoms with E-state index >= 15 is 0 Å². The number of rotatable bonds is 3. The van der Waals surface area contributed by atoms with Crippen LogP contribution in [0, 0.1) is 0 Å². The molecule has 1 amide bonds. The number of hydrogen-bond donors (Lipinski definition) is 1. The van der Waals surface area contributed by atoms with Crippen molar-refractivity contribution in [3.63, 3.8) is 0 Å². The number of aryl methyl sites for hydroxylation is 1. The molecule has 26 heavy (non-hydrogen) atoms. The van der Waals surface area contributed by atoms with Crippen LogP contribution in [0.2, 0.25) is 5.02 Å². The highest BCUT2D eigenvalue weighted by atomic mass is 35.5. The van der Waals surface area contributed by atoms with Crippen LogP contribution < -0.4 is 5.32 Å². The van der Waals surface area contributed by atoms with Crippen molar-refractivity contribution in [2.45, 2.75) is 39.5 Å². The largest absolute Gasteiger partial charge is 0.302 e. The van der Waals surface area contributed by atoms with Gasteiger partial charge >= 0.3 is 0 Å². The molecule has 2 aromatic heterocycles. The first-order valence-electron chi connectivity index (χ1n) is 8.60. The summed E-state index contributed by atoms with van der Waals surface area (Å²) in [6, 6.07) is 7.73. The number of carbonyl (C=O) groups excluding carboxylic acids is 1. The van der Waals surface area contributed by atoms with Crippen LogP contribution in [0.5, 0.6) is 0 Å². The number of carbonyl (C=O) groups is 1. The van der Waals surface area contributed by atoms with Crippen molar-refractivity contribution in [3.8, 4) is 16.3 Å². The Morgan fingerprint density at radius 1 is 1.31 bits per heavy atom. The number of fused-ring (bicyclic) bond motifs is 3. The van der Waals surface area contributed by atoms with Gasteiger partial charge in [-0.3, -0.25) is 4.79 Å². The molecule has 1 N–H and O–H groups in total. The molecular formula is C19H19ClN4OS. The lowest BCUT2D eigenvalue weighted by Crippen LogP contribution is -2.07. The molecule has 4 rings (SSSR count). The molecule has 0 spiro atoms. The van der Waals surface area contributed by atoms with Crippen molar-refractivity contribution in [2.75, 3.05) is 5.32 Å². The Labute approximate surface area is 161 Å². The maximum Gasteiger partial charge on any atom is 0.223 e. The Morgan fingerprint density at radius 2 is 2.08 bits per heavy atom. The van der Waals surface area contributed by atoms with Crippen LogP contribution in [0.1, 0.15) is 43.6 Å². The first kappa shape index (κ1) is 17.2. The topological polar surface area (TPSA) is 59.8 Å². The molecule has 2 heterocycles. The van der Waals surface area contributed by atoms with Crippen LogP contribution in [0.15, 0.2) is 24.3 Å². The van der Waals surface area contributed by atoms with Gasteiger partial charge in [0.05, 0.1) is 32.7 Å². The summed E-state index contributed by atoms with van der Waals surface area (Å²) >= 11 is 7.96. The monoisotopic (exact) mass is 386 g/mol. The molecule has 0 saturated heterocycles. The SMILES string of the molecule is CC(=O)Nc1nc2c(s1)-c1c(c(C(C)C)nn1-c1ccccc1Cl)CC2. The Balaban J connectivity index is 1.95. The number of amides is 1. The number of anilines is 1. The fourth-order valence-corrected chi connectivity index (χ4v) is 4.69. The number of para-hydroxylation sites is 1. The summed E-state index contributed by atoms with van der Waals surface area (Å²) in [5.74, 6) is 0.204. The van der Waals surface area contributed by atoms with Gasteiger partial charge in [-0.05, 0) is 30.9 Å². The van der Waals surface area contributed by atoms with Gasteiger partial charge in [0.15, 0.2) is 5.13 Å². The number of nitrogens with one attached hydrogen (secondary N) is 1. The Bertz CT molecular complexity index is 1010. The molecule has 0 fully saturated rings. The molecule has 0 atom stereocenters. The average molecular weight is 387 g/mol. The number of hydrogen-bond acceptors (Lipinski definition) is 4. The van der Waals surface area contributed by atoms with Crippen LogP contribution in [0.3, 0.4) is 0 Å². The molecule has 1 aliphatic carbocycles. The lowest BCUT2D eigenvalue weighted by atomic mass is 9.94. The minimum atomic E-state index is -0.112. The van der Waals surface area contributed by atoms with Crippen molar-refractivity contribution in [1.82, 2.24) is 14.8 Å². The van der Waals surface area contributed by atoms with Crippen molar-refractivity contribution in [1.29, 1.82) is 0 Å². The van der Waals surface area contributed by atoms with Crippen LogP contribution in [-0.2, 0) is 17.6 Å². The minimum absolute atomic E-state index is 0.112. The number of benzene rings is 1. The standard InChI is InChI=1S/C19H19ClN4OS/c1-10(2)16-12-8-9-14-18(26-19(22-14)21-11(3)25)17(12)24(23-16)15-7-5-4-6-13(15)20/h4-7,10H,8-9H2,1-3H3,(H,21,22,25). The highest BCUT2D eigenvalue weighted by molar-refractivity contribution is 7.19. The van der Waals surface area contributed by atoms with Gasteiger partial charge in [-0.1, -0.05) is 48.9 Å². The van der Waals surface area contributed by atoms with Gasteiger partial charge in [0.1, 0.15) is 0 Å². The molecule has 7 heteroatoms. The minimum Gasteiger partial charge on any atom is -0.302 e. The van der Waals surface area contributed by atoms with Gasteiger partial charge in [-0.25, -0.2) is 9.67 Å². The summed E-state index contributed by atoms with van der Waals surface area (Å²) in [5, 5.41) is 9.01. The molecule has 0 saturated carbocycles. The highest BCUT2D eigenvalue weighted by Gasteiger charge is 2.30. The summed E-state index contributed by atoms with van der Waals surface area (Å²) in [5.41, 5.74) is 5.28. The van der Waals surface area contributed by atoms with Gasteiger partial charge in [-0.2, -0.15) is 5.10 Å². The third-order valence-electron chi connectivity index (χ3n) is 4.45. The van der Waals surface area contributed by atoms with E-state index in [0.717, 1.165) is 40.5 Å². The molecule has 5 nitrogen and oxygen atoms in total. The summed E-state index contributed by atoms with van der Waals surface area (Å²) in [4.78, 5) is 17.1. The fraction of sp³-hybridized carbons (Fsp3) is 0.316. The molecule has 3 aromatic rings. The summed E-state index contributed by atoms with van der Waals surface area (Å²) in [7, 11) is 0. The first-order valence-corrected chi connectivity index (χ1v) is 9.79. The van der Waals surface area contributed by atoms with Crippen LogP contribution in [0.25, 0.3) is 16.3 Å². The zero-order valence-corrected chi connectivity index (χ0v) is 16.4. The van der Waals surface area contributed by atoms with Crippen molar-refractivity contribution in [3.05, 3.63) is 46.2 Å².